The fourth-order valence-electron chi connectivity index (χ4n) is 2.38. The molecule has 6 heteroatoms. The minimum absolute atomic E-state index is 0.243. The van der Waals surface area contributed by atoms with Crippen molar-refractivity contribution < 1.29 is 9.53 Å². The molecule has 4 nitrogen and oxygen atoms in total. The van der Waals surface area contributed by atoms with E-state index in [0.717, 1.165) is 22.0 Å². The number of rotatable bonds is 6. The molecular formula is C20H17ClN2O2S. The lowest BCUT2D eigenvalue weighted by Gasteiger charge is -2.10. The number of halogens is 1. The molecule has 0 fully saturated rings. The Morgan fingerprint density at radius 3 is 2.81 bits per heavy atom. The molecule has 1 N–H and O–H groups in total. The van der Waals surface area contributed by atoms with Gasteiger partial charge in [-0.3, -0.25) is 4.79 Å². The SMILES string of the molecule is COc1cc(Cl)ccc1C(=O)Nc1cccc(CSc2ccccn2)c1. The van der Waals surface area contributed by atoms with E-state index in [1.54, 1.807) is 36.2 Å². The number of hydrogen-bond donors (Lipinski definition) is 1. The van der Waals surface area contributed by atoms with Crippen LogP contribution in [0.1, 0.15) is 15.9 Å². The van der Waals surface area contributed by atoms with Gasteiger partial charge in [-0.05, 0) is 48.0 Å². The van der Waals surface area contributed by atoms with E-state index in [-0.39, 0.29) is 5.91 Å². The molecule has 1 aromatic heterocycles. The Hall–Kier alpha value is -2.50. The van der Waals surface area contributed by atoms with Gasteiger partial charge in [0, 0.05) is 22.7 Å². The van der Waals surface area contributed by atoms with Crippen LogP contribution in [0.5, 0.6) is 5.75 Å². The molecule has 3 aromatic rings. The van der Waals surface area contributed by atoms with Gasteiger partial charge in [0.25, 0.3) is 5.91 Å². The van der Waals surface area contributed by atoms with Crippen molar-refractivity contribution in [2.75, 3.05) is 12.4 Å². The molecule has 1 heterocycles. The third kappa shape index (κ3) is 4.77. The average molecular weight is 385 g/mol. The number of pyridine rings is 1. The van der Waals surface area contributed by atoms with Crippen molar-refractivity contribution in [1.29, 1.82) is 0 Å². The lowest BCUT2D eigenvalue weighted by Crippen LogP contribution is -2.13. The van der Waals surface area contributed by atoms with Gasteiger partial charge in [-0.2, -0.15) is 0 Å². The van der Waals surface area contributed by atoms with Gasteiger partial charge in [0.05, 0.1) is 17.7 Å². The summed E-state index contributed by atoms with van der Waals surface area (Å²) in [5.41, 5.74) is 2.26. The number of methoxy groups -OCH3 is 1. The number of carbonyl (C=O) groups is 1. The molecule has 0 aliphatic heterocycles. The number of benzene rings is 2. The van der Waals surface area contributed by atoms with Crippen LogP contribution in [0.3, 0.4) is 0 Å². The van der Waals surface area contributed by atoms with Crippen molar-refractivity contribution in [3.63, 3.8) is 0 Å². The number of aromatic nitrogens is 1. The number of anilines is 1. The number of carbonyl (C=O) groups excluding carboxylic acids is 1. The summed E-state index contributed by atoms with van der Waals surface area (Å²) in [4.78, 5) is 16.8. The Bertz CT molecular complexity index is 903. The zero-order valence-electron chi connectivity index (χ0n) is 14.1. The molecule has 132 valence electrons. The van der Waals surface area contributed by atoms with Crippen LogP contribution < -0.4 is 10.1 Å². The number of nitrogens with zero attached hydrogens (tertiary/aromatic N) is 1. The highest BCUT2D eigenvalue weighted by Crippen LogP contribution is 2.25. The first-order valence-corrected chi connectivity index (χ1v) is 9.30. The first-order chi connectivity index (χ1) is 12.7. The highest BCUT2D eigenvalue weighted by Gasteiger charge is 2.13. The van der Waals surface area contributed by atoms with Crippen molar-refractivity contribution in [2.24, 2.45) is 0 Å². The zero-order chi connectivity index (χ0) is 18.4. The first kappa shape index (κ1) is 18.3. The van der Waals surface area contributed by atoms with Crippen molar-refractivity contribution in [1.82, 2.24) is 4.98 Å². The molecule has 0 unspecified atom stereocenters. The van der Waals surface area contributed by atoms with Crippen molar-refractivity contribution in [3.05, 3.63) is 83.0 Å². The standard InChI is InChI=1S/C20H17ClN2O2S/c1-25-18-12-15(21)8-9-17(18)20(24)23-16-6-4-5-14(11-16)13-26-19-7-2-3-10-22-19/h2-12H,13H2,1H3,(H,23,24). The van der Waals surface area contributed by atoms with Gasteiger partial charge in [0.15, 0.2) is 0 Å². The Labute approximate surface area is 161 Å². The first-order valence-electron chi connectivity index (χ1n) is 7.93. The molecule has 2 aromatic carbocycles. The van der Waals surface area contributed by atoms with E-state index in [0.29, 0.717) is 16.3 Å². The van der Waals surface area contributed by atoms with Crippen LogP contribution in [-0.2, 0) is 5.75 Å². The molecule has 0 aliphatic rings. The maximum Gasteiger partial charge on any atom is 0.259 e. The van der Waals surface area contributed by atoms with Gasteiger partial charge < -0.3 is 10.1 Å². The summed E-state index contributed by atoms with van der Waals surface area (Å²) >= 11 is 7.59. The summed E-state index contributed by atoms with van der Waals surface area (Å²) in [6, 6.07) is 18.5. The normalized spacial score (nSPS) is 10.4. The second kappa shape index (κ2) is 8.74. The van der Waals surface area contributed by atoms with Gasteiger partial charge in [0.2, 0.25) is 0 Å². The molecule has 0 saturated carbocycles. The fraction of sp³-hybridized carbons (Fsp3) is 0.100. The van der Waals surface area contributed by atoms with Gasteiger partial charge in [-0.15, -0.1) is 11.8 Å². The quantitative estimate of drug-likeness (QED) is 0.587. The number of nitrogens with one attached hydrogen (secondary N) is 1. The Balaban J connectivity index is 1.69. The molecular weight excluding hydrogens is 368 g/mol. The Morgan fingerprint density at radius 1 is 1.15 bits per heavy atom. The summed E-state index contributed by atoms with van der Waals surface area (Å²) < 4.78 is 5.24. The predicted molar refractivity (Wildman–Crippen MR) is 106 cm³/mol. The fourth-order valence-corrected chi connectivity index (χ4v) is 3.35. The Morgan fingerprint density at radius 2 is 2.04 bits per heavy atom. The van der Waals surface area contributed by atoms with Crippen LogP contribution in [0.4, 0.5) is 5.69 Å². The predicted octanol–water partition coefficient (Wildman–Crippen LogP) is 5.29. The van der Waals surface area contributed by atoms with Crippen molar-refractivity contribution in [3.8, 4) is 5.75 Å². The molecule has 0 radical (unpaired) electrons. The monoisotopic (exact) mass is 384 g/mol. The van der Waals surface area contributed by atoms with Crippen LogP contribution in [-0.4, -0.2) is 18.0 Å². The number of thioether (sulfide) groups is 1. The highest BCUT2D eigenvalue weighted by molar-refractivity contribution is 7.98. The van der Waals surface area contributed by atoms with E-state index in [9.17, 15) is 4.79 Å². The third-order valence-corrected chi connectivity index (χ3v) is 4.87. The summed E-state index contributed by atoms with van der Waals surface area (Å²) in [6.07, 6.45) is 1.78. The number of hydrogen-bond acceptors (Lipinski definition) is 4. The summed E-state index contributed by atoms with van der Waals surface area (Å²) in [5, 5.41) is 4.39. The highest BCUT2D eigenvalue weighted by atomic mass is 35.5. The maximum atomic E-state index is 12.5. The molecule has 1 amide bonds. The van der Waals surface area contributed by atoms with Crippen LogP contribution >= 0.6 is 23.4 Å². The molecule has 0 aliphatic carbocycles. The lowest BCUT2D eigenvalue weighted by atomic mass is 10.1. The molecule has 3 rings (SSSR count). The van der Waals surface area contributed by atoms with Crippen molar-refractivity contribution in [2.45, 2.75) is 10.8 Å². The Kier molecular flexibility index (Phi) is 6.15. The number of ether oxygens (including phenoxy) is 1. The third-order valence-electron chi connectivity index (χ3n) is 3.62. The van der Waals surface area contributed by atoms with Gasteiger partial charge in [-0.25, -0.2) is 4.98 Å². The topological polar surface area (TPSA) is 51.2 Å². The smallest absolute Gasteiger partial charge is 0.259 e. The van der Waals surface area contributed by atoms with E-state index in [1.165, 1.54) is 7.11 Å². The summed E-state index contributed by atoms with van der Waals surface area (Å²) in [6.45, 7) is 0. The van der Waals surface area contributed by atoms with Crippen LogP contribution in [0.2, 0.25) is 5.02 Å². The zero-order valence-corrected chi connectivity index (χ0v) is 15.7. The molecule has 0 atom stereocenters. The van der Waals surface area contributed by atoms with E-state index >= 15 is 0 Å². The van der Waals surface area contributed by atoms with E-state index < -0.39 is 0 Å². The molecule has 0 bridgehead atoms. The molecule has 0 saturated heterocycles. The van der Waals surface area contributed by atoms with E-state index in [2.05, 4.69) is 10.3 Å². The lowest BCUT2D eigenvalue weighted by molar-refractivity contribution is 0.102. The van der Waals surface area contributed by atoms with E-state index in [4.69, 9.17) is 16.3 Å². The van der Waals surface area contributed by atoms with Gasteiger partial charge in [0.1, 0.15) is 5.75 Å². The van der Waals surface area contributed by atoms with Crippen LogP contribution in [0.25, 0.3) is 0 Å². The van der Waals surface area contributed by atoms with Crippen LogP contribution in [0, 0.1) is 0 Å². The second-order valence-electron chi connectivity index (χ2n) is 5.46. The largest absolute Gasteiger partial charge is 0.496 e. The van der Waals surface area contributed by atoms with Gasteiger partial charge >= 0.3 is 0 Å². The van der Waals surface area contributed by atoms with Gasteiger partial charge in [-0.1, -0.05) is 29.8 Å². The minimum Gasteiger partial charge on any atom is -0.496 e. The van der Waals surface area contributed by atoms with Crippen molar-refractivity contribution >= 4 is 35.0 Å². The average Bonchev–Trinajstić information content (AvgIpc) is 2.67. The summed E-state index contributed by atoms with van der Waals surface area (Å²) in [7, 11) is 1.51. The van der Waals surface area contributed by atoms with E-state index in [1.807, 2.05) is 42.5 Å². The maximum absolute atomic E-state index is 12.5. The summed E-state index contributed by atoms with van der Waals surface area (Å²) in [5.74, 6) is 0.968. The molecule has 26 heavy (non-hydrogen) atoms. The second-order valence-corrected chi connectivity index (χ2v) is 6.89. The number of amides is 1. The molecule has 0 spiro atoms. The van der Waals surface area contributed by atoms with Crippen LogP contribution in [0.15, 0.2) is 71.9 Å². The minimum atomic E-state index is -0.243.